The first-order valence-corrected chi connectivity index (χ1v) is 27.2. The second-order valence-corrected chi connectivity index (χ2v) is 19.7. The van der Waals surface area contributed by atoms with Gasteiger partial charge in [-0.15, -0.1) is 0 Å². The van der Waals surface area contributed by atoms with E-state index in [0.29, 0.717) is 12.0 Å². The van der Waals surface area contributed by atoms with Crippen LogP contribution in [-0.2, 0) is 59.2 Å². The number of unbranched alkanes of at least 4 members (excludes halogenated alkanes) is 4. The molecular formula is C51H86N14O16. The Morgan fingerprint density at radius 1 is 0.568 bits per heavy atom. The van der Waals surface area contributed by atoms with E-state index in [1.54, 1.807) is 30.3 Å². The van der Waals surface area contributed by atoms with E-state index < -0.39 is 170 Å². The summed E-state index contributed by atoms with van der Waals surface area (Å²) in [6.07, 6.45) is -2.28. The molecule has 11 amide bonds. The van der Waals surface area contributed by atoms with Gasteiger partial charge >= 0.3 is 0 Å². The Morgan fingerprint density at radius 3 is 1.54 bits per heavy atom. The number of carbonyl (C=O) groups excluding carboxylic acids is 11. The monoisotopic (exact) mass is 1150 g/mol. The van der Waals surface area contributed by atoms with E-state index >= 15 is 0 Å². The molecule has 22 N–H and O–H groups in total. The van der Waals surface area contributed by atoms with Gasteiger partial charge in [-0.1, -0.05) is 62.9 Å². The lowest BCUT2D eigenvalue weighted by Gasteiger charge is -2.29. The number of hydrogen-bond acceptors (Lipinski definition) is 19. The predicted octanol–water partition coefficient (Wildman–Crippen LogP) is -7.87. The van der Waals surface area contributed by atoms with Crippen LogP contribution in [0.1, 0.15) is 97.5 Å². The molecule has 30 heteroatoms. The number of carbonyl (C=O) groups is 11. The van der Waals surface area contributed by atoms with Crippen molar-refractivity contribution in [1.82, 2.24) is 58.5 Å². The van der Waals surface area contributed by atoms with Crippen LogP contribution in [0.3, 0.4) is 0 Å². The lowest BCUT2D eigenvalue weighted by molar-refractivity contribution is -0.137. The van der Waals surface area contributed by atoms with Crippen LogP contribution in [0.25, 0.3) is 0 Å². The third kappa shape index (κ3) is 24.4. The van der Waals surface area contributed by atoms with Crippen LogP contribution in [0.15, 0.2) is 30.3 Å². The smallest absolute Gasteiger partial charge is 0.245 e. The van der Waals surface area contributed by atoms with Gasteiger partial charge in [-0.3, -0.25) is 52.7 Å². The quantitative estimate of drug-likeness (QED) is 0.0383. The highest BCUT2D eigenvalue weighted by atomic mass is 16.3. The zero-order chi connectivity index (χ0) is 60.8. The minimum absolute atomic E-state index is 0.0466. The maximum atomic E-state index is 14.3. The van der Waals surface area contributed by atoms with Crippen molar-refractivity contribution in [2.75, 3.05) is 39.4 Å². The molecule has 0 aliphatic carbocycles. The lowest BCUT2D eigenvalue weighted by atomic mass is 10.0. The minimum Gasteiger partial charge on any atom is -0.394 e. The summed E-state index contributed by atoms with van der Waals surface area (Å²) in [5.74, 6) is -11.4. The highest BCUT2D eigenvalue weighted by Crippen LogP contribution is 2.10. The summed E-state index contributed by atoms with van der Waals surface area (Å²) in [6.45, 7) is 2.22. The van der Waals surface area contributed by atoms with Crippen molar-refractivity contribution < 1.29 is 78.3 Å². The average Bonchev–Trinajstić information content (AvgIpc) is 3.42. The van der Waals surface area contributed by atoms with Gasteiger partial charge in [-0.2, -0.15) is 0 Å². The Kier molecular flexibility index (Phi) is 32.2. The van der Waals surface area contributed by atoms with E-state index in [1.807, 2.05) is 6.92 Å². The fourth-order valence-corrected chi connectivity index (χ4v) is 8.22. The molecule has 30 nitrogen and oxygen atoms in total. The zero-order valence-electron chi connectivity index (χ0n) is 46.4. The standard InChI is InChI=1S/C51H86N14O16/c1-5-6-7-8-12-15-38(71)56-36(25-66)48(78)65-41(29(4)70)51(81)62-37(26-67)47(77)59-34-19-23-55-49(79)39(27(2)68)63-45(75)33(18-22-54)58-42(72)32(17-21-53)60-50(80)40(28(3)69)64-46(76)35(24-30-13-10-9-11-14-30)61-43(73)31(16-20-52)57-44(34)74/h9-11,13-14,27-29,31-37,39-41,66-70H,5-8,12,15-26,52-54H2,1-4H3,(H,55,79)(H,56,71)(H,57,74)(H,58,72)(H,59,77)(H,60,80)(H,61,73)(H,62,81)(H,63,75)(H,64,76)(H,65,78)/t27-,28-,29-,31+,32+,33+,34+,35-,36+,37?,39+,40+,41+/m1/s1. The molecule has 0 radical (unpaired) electrons. The van der Waals surface area contributed by atoms with Crippen LogP contribution in [0, 0.1) is 0 Å². The van der Waals surface area contributed by atoms with E-state index in [1.165, 1.54) is 0 Å². The van der Waals surface area contributed by atoms with E-state index in [0.717, 1.165) is 46.5 Å². The van der Waals surface area contributed by atoms with Gasteiger partial charge in [-0.05, 0) is 78.1 Å². The third-order valence-corrected chi connectivity index (χ3v) is 12.9. The van der Waals surface area contributed by atoms with Crippen LogP contribution in [0.5, 0.6) is 0 Å². The van der Waals surface area contributed by atoms with Gasteiger partial charge in [0.05, 0.1) is 31.5 Å². The second kappa shape index (κ2) is 37.2. The van der Waals surface area contributed by atoms with Gasteiger partial charge in [-0.25, -0.2) is 0 Å². The van der Waals surface area contributed by atoms with Gasteiger partial charge in [0.2, 0.25) is 65.0 Å². The lowest BCUT2D eigenvalue weighted by Crippen LogP contribution is -2.63. The first-order valence-electron chi connectivity index (χ1n) is 27.2. The summed E-state index contributed by atoms with van der Waals surface area (Å²) in [5.41, 5.74) is 17.9. The SMILES string of the molecule is CCCCCCCC(=O)N[C@@H](CO)C(=O)N[C@H](C(=O)NC(CO)C(=O)N[C@H]1CCNC(=O)[C@H]([C@@H](C)O)NC(=O)[C@H](CCN)NC(=O)[C@H](CCN)NC(=O)[C@H]([C@@H](C)O)NC(=O)[C@@H](Cc2ccccc2)NC(=O)[C@H](CCN)NC1=O)[C@@H](C)O. The maximum Gasteiger partial charge on any atom is 0.245 e. The molecule has 0 saturated carbocycles. The van der Waals surface area contributed by atoms with Crippen molar-refractivity contribution in [2.24, 2.45) is 17.2 Å². The first-order chi connectivity index (χ1) is 38.5. The predicted molar refractivity (Wildman–Crippen MR) is 291 cm³/mol. The Labute approximate surface area is 470 Å². The molecule has 2 rings (SSSR count). The van der Waals surface area contributed by atoms with Crippen LogP contribution < -0.4 is 75.7 Å². The number of benzene rings is 1. The molecule has 1 aliphatic heterocycles. The minimum atomic E-state index is -1.94. The summed E-state index contributed by atoms with van der Waals surface area (Å²) in [4.78, 5) is 151. The fraction of sp³-hybridized carbons (Fsp3) is 0.667. The van der Waals surface area contributed by atoms with Crippen LogP contribution in [0.2, 0.25) is 0 Å². The van der Waals surface area contributed by atoms with Crippen molar-refractivity contribution in [3.63, 3.8) is 0 Å². The highest BCUT2D eigenvalue weighted by molar-refractivity contribution is 5.99. The molecule has 1 heterocycles. The normalized spacial score (nSPS) is 23.4. The largest absolute Gasteiger partial charge is 0.394 e. The Balaban J connectivity index is 2.63. The Morgan fingerprint density at radius 2 is 1.04 bits per heavy atom. The van der Waals surface area contributed by atoms with Gasteiger partial charge in [0.15, 0.2) is 0 Å². The van der Waals surface area contributed by atoms with Crippen molar-refractivity contribution in [2.45, 2.75) is 177 Å². The van der Waals surface area contributed by atoms with E-state index in [2.05, 4.69) is 58.5 Å². The third-order valence-electron chi connectivity index (χ3n) is 12.9. The topological polar surface area (TPSA) is 499 Å². The molecule has 456 valence electrons. The summed E-state index contributed by atoms with van der Waals surface area (Å²) in [6, 6.07) is -8.51. The number of nitrogens with one attached hydrogen (secondary N) is 11. The molecule has 81 heavy (non-hydrogen) atoms. The molecule has 1 fully saturated rings. The molecular weight excluding hydrogens is 1060 g/mol. The van der Waals surface area contributed by atoms with Gasteiger partial charge in [0.25, 0.3) is 0 Å². The molecule has 1 saturated heterocycles. The zero-order valence-corrected chi connectivity index (χ0v) is 46.4. The molecule has 0 bridgehead atoms. The highest BCUT2D eigenvalue weighted by Gasteiger charge is 2.38. The number of nitrogens with two attached hydrogens (primary N) is 3. The van der Waals surface area contributed by atoms with Crippen molar-refractivity contribution in [3.8, 4) is 0 Å². The van der Waals surface area contributed by atoms with Crippen LogP contribution in [0.4, 0.5) is 0 Å². The van der Waals surface area contributed by atoms with Crippen molar-refractivity contribution >= 4 is 65.0 Å². The van der Waals surface area contributed by atoms with Crippen molar-refractivity contribution in [1.29, 1.82) is 0 Å². The van der Waals surface area contributed by atoms with Gasteiger partial charge in [0.1, 0.15) is 60.4 Å². The Hall–Kier alpha value is -6.93. The molecule has 0 aromatic heterocycles. The Bertz CT molecular complexity index is 2230. The molecule has 1 aromatic rings. The van der Waals surface area contributed by atoms with E-state index in [9.17, 15) is 78.3 Å². The van der Waals surface area contributed by atoms with E-state index in [-0.39, 0.29) is 51.7 Å². The molecule has 1 aromatic carbocycles. The van der Waals surface area contributed by atoms with Crippen LogP contribution >= 0.6 is 0 Å². The molecule has 1 unspecified atom stereocenters. The summed E-state index contributed by atoms with van der Waals surface area (Å²) in [7, 11) is 0. The van der Waals surface area contributed by atoms with E-state index in [4.69, 9.17) is 17.2 Å². The fourth-order valence-electron chi connectivity index (χ4n) is 8.22. The molecule has 13 atom stereocenters. The summed E-state index contributed by atoms with van der Waals surface area (Å²) in [5, 5.41) is 78.5. The maximum absolute atomic E-state index is 14.3. The number of amides is 11. The summed E-state index contributed by atoms with van der Waals surface area (Å²) < 4.78 is 0. The van der Waals surface area contributed by atoms with Gasteiger partial charge < -0.3 is 101 Å². The summed E-state index contributed by atoms with van der Waals surface area (Å²) >= 11 is 0. The van der Waals surface area contributed by atoms with Crippen LogP contribution in [-0.4, -0.2) is 209 Å². The number of aliphatic hydroxyl groups excluding tert-OH is 5. The average molecular weight is 1150 g/mol. The molecule has 0 spiro atoms. The van der Waals surface area contributed by atoms with Gasteiger partial charge in [0, 0.05) is 19.4 Å². The first kappa shape index (κ1) is 70.2. The molecule has 1 aliphatic rings. The number of aliphatic hydroxyl groups is 5. The number of rotatable bonds is 26. The number of hydrogen-bond donors (Lipinski definition) is 19. The second-order valence-electron chi connectivity index (χ2n) is 19.7. The van der Waals surface area contributed by atoms with Crippen molar-refractivity contribution in [3.05, 3.63) is 35.9 Å².